The third-order valence-corrected chi connectivity index (χ3v) is 5.61. The van der Waals surface area contributed by atoms with Gasteiger partial charge >= 0.3 is 0 Å². The summed E-state index contributed by atoms with van der Waals surface area (Å²) in [6.07, 6.45) is 1.99. The van der Waals surface area contributed by atoms with Gasteiger partial charge in [0.25, 0.3) is 11.7 Å². The normalized spacial score (nSPS) is 21.7. The van der Waals surface area contributed by atoms with E-state index in [1.54, 1.807) is 24.3 Å². The first-order valence-corrected chi connectivity index (χ1v) is 9.94. The van der Waals surface area contributed by atoms with Crippen LogP contribution in [0, 0.1) is 11.6 Å². The largest absolute Gasteiger partial charge is 0.507 e. The minimum absolute atomic E-state index is 0.00975. The van der Waals surface area contributed by atoms with Gasteiger partial charge in [0, 0.05) is 23.7 Å². The number of halogens is 2. The molecule has 32 heavy (non-hydrogen) atoms. The van der Waals surface area contributed by atoms with Crippen LogP contribution in [0.25, 0.3) is 5.76 Å². The van der Waals surface area contributed by atoms with Crippen LogP contribution in [-0.2, 0) is 16.0 Å². The fourth-order valence-electron chi connectivity index (χ4n) is 4.17. The van der Waals surface area contributed by atoms with Crippen molar-refractivity contribution >= 4 is 23.1 Å². The van der Waals surface area contributed by atoms with Crippen molar-refractivity contribution in [1.82, 2.24) is 0 Å². The Kier molecular flexibility index (Phi) is 4.58. The predicted molar refractivity (Wildman–Crippen MR) is 110 cm³/mol. The van der Waals surface area contributed by atoms with Gasteiger partial charge in [-0.2, -0.15) is 0 Å². The molecule has 1 aromatic heterocycles. The second-order valence-electron chi connectivity index (χ2n) is 7.74. The molecular weight excluding hydrogens is 420 g/mol. The summed E-state index contributed by atoms with van der Waals surface area (Å²) in [6, 6.07) is 9.82. The molecule has 2 atom stereocenters. The highest BCUT2D eigenvalue weighted by atomic mass is 19.2. The summed E-state index contributed by atoms with van der Waals surface area (Å²) in [5.41, 5.74) is 0.955. The Hall–Kier alpha value is -3.94. The van der Waals surface area contributed by atoms with Gasteiger partial charge in [-0.1, -0.05) is 0 Å². The highest BCUT2D eigenvalue weighted by Crippen LogP contribution is 2.43. The summed E-state index contributed by atoms with van der Waals surface area (Å²) >= 11 is 0. The summed E-state index contributed by atoms with van der Waals surface area (Å²) in [6.45, 7) is 1.92. The molecule has 162 valence electrons. The highest BCUT2D eigenvalue weighted by Gasteiger charge is 2.48. The molecule has 3 aromatic rings. The molecule has 1 amide bonds. The summed E-state index contributed by atoms with van der Waals surface area (Å²) in [7, 11) is 0. The highest BCUT2D eigenvalue weighted by molar-refractivity contribution is 6.51. The molecule has 2 aliphatic rings. The number of furan rings is 1. The lowest BCUT2D eigenvalue weighted by molar-refractivity contribution is -0.132. The fraction of sp³-hybridized carbons (Fsp3) is 0.167. The van der Waals surface area contributed by atoms with Crippen molar-refractivity contribution in [2.24, 2.45) is 0 Å². The van der Waals surface area contributed by atoms with Gasteiger partial charge in [0.05, 0.1) is 11.8 Å². The van der Waals surface area contributed by atoms with E-state index in [4.69, 9.17) is 9.15 Å². The lowest BCUT2D eigenvalue weighted by atomic mass is 9.97. The topological polar surface area (TPSA) is 80.0 Å². The molecule has 2 unspecified atom stereocenters. The first kappa shape index (κ1) is 20.0. The van der Waals surface area contributed by atoms with Gasteiger partial charge < -0.3 is 14.3 Å². The number of anilines is 1. The van der Waals surface area contributed by atoms with Gasteiger partial charge in [-0.3, -0.25) is 14.5 Å². The molecule has 1 N–H and O–H groups in total. The van der Waals surface area contributed by atoms with Gasteiger partial charge in [0.1, 0.15) is 29.4 Å². The molecule has 1 saturated heterocycles. The van der Waals surface area contributed by atoms with Crippen LogP contribution >= 0.6 is 0 Å². The zero-order valence-corrected chi connectivity index (χ0v) is 16.8. The lowest BCUT2D eigenvalue weighted by Gasteiger charge is -2.23. The van der Waals surface area contributed by atoms with Crippen LogP contribution < -0.4 is 9.64 Å². The lowest BCUT2D eigenvalue weighted by Crippen LogP contribution is -2.29. The third kappa shape index (κ3) is 3.07. The Balaban J connectivity index is 1.67. The number of rotatable bonds is 3. The number of hydrogen-bond donors (Lipinski definition) is 1. The zero-order valence-electron chi connectivity index (χ0n) is 16.8. The van der Waals surface area contributed by atoms with Crippen molar-refractivity contribution in [2.75, 3.05) is 4.90 Å². The molecule has 2 aliphatic heterocycles. The SMILES string of the molecule is CC1Cc2cc(/C(O)=C3/C(=O)C(=O)N(c4ccc(F)c(F)c4)C3c3ccco3)ccc2O1. The quantitative estimate of drug-likeness (QED) is 0.371. The number of amides is 1. The Labute approximate surface area is 181 Å². The molecule has 0 radical (unpaired) electrons. The molecule has 2 aromatic carbocycles. The van der Waals surface area contributed by atoms with Crippen molar-refractivity contribution in [2.45, 2.75) is 25.5 Å². The van der Waals surface area contributed by atoms with E-state index in [0.717, 1.165) is 22.6 Å². The third-order valence-electron chi connectivity index (χ3n) is 5.61. The van der Waals surface area contributed by atoms with Gasteiger partial charge in [-0.25, -0.2) is 8.78 Å². The predicted octanol–water partition coefficient (Wildman–Crippen LogP) is 4.51. The number of benzene rings is 2. The fourth-order valence-corrected chi connectivity index (χ4v) is 4.17. The van der Waals surface area contributed by atoms with E-state index in [2.05, 4.69) is 0 Å². The van der Waals surface area contributed by atoms with Crippen LogP contribution in [0.5, 0.6) is 5.75 Å². The van der Waals surface area contributed by atoms with E-state index in [1.807, 2.05) is 6.92 Å². The van der Waals surface area contributed by atoms with E-state index >= 15 is 0 Å². The number of carbonyl (C=O) groups is 2. The second kappa shape index (κ2) is 7.33. The Morgan fingerprint density at radius 3 is 2.62 bits per heavy atom. The van der Waals surface area contributed by atoms with E-state index in [-0.39, 0.29) is 23.1 Å². The number of Topliss-reactive ketones (excluding diaryl/α,β-unsaturated/α-hetero) is 1. The van der Waals surface area contributed by atoms with E-state index in [1.165, 1.54) is 18.4 Å². The van der Waals surface area contributed by atoms with Crippen LogP contribution in [0.1, 0.15) is 29.9 Å². The van der Waals surface area contributed by atoms with Crippen LogP contribution in [0.15, 0.2) is 64.8 Å². The molecule has 3 heterocycles. The summed E-state index contributed by atoms with van der Waals surface area (Å²) in [5, 5.41) is 11.1. The molecular formula is C24H17F2NO5. The van der Waals surface area contributed by atoms with E-state index < -0.39 is 35.1 Å². The number of carbonyl (C=O) groups excluding carboxylic acids is 2. The first-order chi connectivity index (χ1) is 15.3. The Morgan fingerprint density at radius 1 is 1.09 bits per heavy atom. The molecule has 0 aliphatic carbocycles. The smallest absolute Gasteiger partial charge is 0.300 e. The maximum Gasteiger partial charge on any atom is 0.300 e. The maximum atomic E-state index is 13.9. The molecule has 8 heteroatoms. The number of ether oxygens (including phenoxy) is 1. The zero-order chi connectivity index (χ0) is 22.6. The van der Waals surface area contributed by atoms with Gasteiger partial charge in [0.15, 0.2) is 11.6 Å². The van der Waals surface area contributed by atoms with Gasteiger partial charge in [0.2, 0.25) is 0 Å². The van der Waals surface area contributed by atoms with Crippen LogP contribution in [0.4, 0.5) is 14.5 Å². The van der Waals surface area contributed by atoms with Crippen molar-refractivity contribution in [3.05, 3.63) is 88.9 Å². The van der Waals surface area contributed by atoms with Crippen molar-refractivity contribution < 1.29 is 32.6 Å². The minimum Gasteiger partial charge on any atom is -0.507 e. The number of fused-ring (bicyclic) bond motifs is 1. The summed E-state index contributed by atoms with van der Waals surface area (Å²) < 4.78 is 38.5. The van der Waals surface area contributed by atoms with Crippen LogP contribution in [-0.4, -0.2) is 22.9 Å². The second-order valence-corrected chi connectivity index (χ2v) is 7.74. The van der Waals surface area contributed by atoms with Gasteiger partial charge in [-0.15, -0.1) is 0 Å². The van der Waals surface area contributed by atoms with Crippen LogP contribution in [0.3, 0.4) is 0 Å². The number of hydrogen-bond acceptors (Lipinski definition) is 5. The van der Waals surface area contributed by atoms with E-state index in [9.17, 15) is 23.5 Å². The summed E-state index contributed by atoms with van der Waals surface area (Å²) in [5.74, 6) is -3.72. The molecule has 0 bridgehead atoms. The Bertz CT molecular complexity index is 1280. The minimum atomic E-state index is -1.17. The number of aliphatic hydroxyl groups excluding tert-OH is 1. The van der Waals surface area contributed by atoms with Crippen molar-refractivity contribution in [3.63, 3.8) is 0 Å². The number of ketones is 1. The monoisotopic (exact) mass is 437 g/mol. The van der Waals surface area contributed by atoms with E-state index in [0.29, 0.717) is 17.7 Å². The number of nitrogens with zero attached hydrogens (tertiary/aromatic N) is 1. The molecule has 0 spiro atoms. The van der Waals surface area contributed by atoms with Crippen molar-refractivity contribution in [1.29, 1.82) is 0 Å². The average molecular weight is 437 g/mol. The molecule has 1 fully saturated rings. The summed E-state index contributed by atoms with van der Waals surface area (Å²) in [4.78, 5) is 26.9. The molecule has 6 nitrogen and oxygen atoms in total. The first-order valence-electron chi connectivity index (χ1n) is 9.94. The van der Waals surface area contributed by atoms with Crippen LogP contribution in [0.2, 0.25) is 0 Å². The van der Waals surface area contributed by atoms with Crippen molar-refractivity contribution in [3.8, 4) is 5.75 Å². The molecule has 0 saturated carbocycles. The standard InChI is InChI=1S/C24H17F2NO5/c1-12-9-14-10-13(4-7-18(14)32-12)22(28)20-21(19-3-2-8-31-19)27(24(30)23(20)29)15-5-6-16(25)17(26)11-15/h2-8,10-12,21,28H,9H2,1H3/b22-20-. The average Bonchev–Trinajstić information content (AvgIpc) is 3.47. The Morgan fingerprint density at radius 2 is 1.91 bits per heavy atom. The maximum absolute atomic E-state index is 13.9. The van der Waals surface area contributed by atoms with Gasteiger partial charge in [-0.05, 0) is 55.0 Å². The molecule has 5 rings (SSSR count). The number of aliphatic hydroxyl groups is 1.